The molecule has 8 nitrogen and oxygen atoms in total. The zero-order valence-corrected chi connectivity index (χ0v) is 20.1. The molecule has 1 atom stereocenters. The molecule has 0 fully saturated rings. The number of hydrogen-bond acceptors (Lipinski definition) is 6. The van der Waals surface area contributed by atoms with Gasteiger partial charge in [0.1, 0.15) is 29.8 Å². The number of ether oxygens (including phenoxy) is 1. The summed E-state index contributed by atoms with van der Waals surface area (Å²) in [6.07, 6.45) is 0.250. The number of rotatable bonds is 6. The van der Waals surface area contributed by atoms with E-state index in [0.29, 0.717) is 27.6 Å². The van der Waals surface area contributed by atoms with Crippen LogP contribution in [0.15, 0.2) is 67.1 Å². The minimum Gasteiger partial charge on any atom is -0.495 e. The van der Waals surface area contributed by atoms with Crippen LogP contribution in [0.1, 0.15) is 18.0 Å². The molecule has 1 N–H and O–H groups in total. The van der Waals surface area contributed by atoms with Crippen LogP contribution in [0, 0.1) is 5.82 Å². The third kappa shape index (κ3) is 5.15. The number of carbonyl (C=O) groups is 1. The topological polar surface area (TPSA) is 85.2 Å². The van der Waals surface area contributed by atoms with Gasteiger partial charge in [-0.05, 0) is 49.2 Å². The van der Waals surface area contributed by atoms with Crippen molar-refractivity contribution in [3.63, 3.8) is 0 Å². The van der Waals surface area contributed by atoms with Gasteiger partial charge in [0.25, 0.3) is 5.91 Å². The first-order valence-corrected chi connectivity index (χ1v) is 11.7. The molecule has 5 rings (SSSR count). The minimum atomic E-state index is -4.68. The molecule has 12 heteroatoms. The average Bonchev–Trinajstić information content (AvgIpc) is 3.33. The van der Waals surface area contributed by atoms with E-state index in [2.05, 4.69) is 20.6 Å². The van der Waals surface area contributed by atoms with Crippen LogP contribution in [0.25, 0.3) is 11.3 Å². The van der Waals surface area contributed by atoms with Crippen LogP contribution in [-0.2, 0) is 11.2 Å². The Bertz CT molecular complexity index is 1460. The van der Waals surface area contributed by atoms with Crippen LogP contribution in [0.4, 0.5) is 34.6 Å². The van der Waals surface area contributed by atoms with Crippen molar-refractivity contribution >= 4 is 23.0 Å². The van der Waals surface area contributed by atoms with Gasteiger partial charge in [-0.25, -0.2) is 9.07 Å². The van der Waals surface area contributed by atoms with Gasteiger partial charge in [-0.15, -0.1) is 5.10 Å². The van der Waals surface area contributed by atoms with E-state index < -0.39 is 30.5 Å². The molecular formula is C26H22F4N6O2. The SMILES string of the molecule is COc1cc(-c2cn(C3CCc4c(F)cccc4N(CC(F)(F)F)C3=O)nn2)ccc1Nc1cccnc1. The standard InChI is InChI=1S/C26H22F4N6O2/c1-38-24-12-16(7-9-20(24)32-17-4-3-11-31-13-17)21-14-36(34-33-21)23-10-8-18-19(27)5-2-6-22(18)35(25(23)37)15-26(28,29)30/h2-7,9,11-14,23,32H,8,10,15H2,1H3. The first kappa shape index (κ1) is 25.2. The van der Waals surface area contributed by atoms with Gasteiger partial charge in [-0.2, -0.15) is 13.2 Å². The summed E-state index contributed by atoms with van der Waals surface area (Å²) in [5.74, 6) is -0.986. The predicted molar refractivity (Wildman–Crippen MR) is 132 cm³/mol. The van der Waals surface area contributed by atoms with Gasteiger partial charge in [-0.3, -0.25) is 9.78 Å². The first-order valence-electron chi connectivity index (χ1n) is 11.7. The number of amides is 1. The van der Waals surface area contributed by atoms with Crippen LogP contribution in [0.5, 0.6) is 5.75 Å². The van der Waals surface area contributed by atoms with Crippen molar-refractivity contribution in [3.05, 3.63) is 78.5 Å². The highest BCUT2D eigenvalue weighted by Crippen LogP contribution is 2.36. The van der Waals surface area contributed by atoms with Crippen LogP contribution in [-0.4, -0.2) is 45.7 Å². The maximum absolute atomic E-state index is 14.5. The molecule has 1 aliphatic heterocycles. The highest BCUT2D eigenvalue weighted by Gasteiger charge is 2.40. The molecule has 2 aromatic carbocycles. The summed E-state index contributed by atoms with van der Waals surface area (Å²) >= 11 is 0. The Balaban J connectivity index is 1.44. The van der Waals surface area contributed by atoms with Crippen LogP contribution in [0.2, 0.25) is 0 Å². The highest BCUT2D eigenvalue weighted by atomic mass is 19.4. The summed E-state index contributed by atoms with van der Waals surface area (Å²) < 4.78 is 61.4. The van der Waals surface area contributed by atoms with Gasteiger partial charge in [0.2, 0.25) is 0 Å². The Hall–Kier alpha value is -4.48. The number of nitrogens with zero attached hydrogens (tertiary/aromatic N) is 5. The summed E-state index contributed by atoms with van der Waals surface area (Å²) in [6.45, 7) is -1.54. The number of nitrogens with one attached hydrogen (secondary N) is 1. The summed E-state index contributed by atoms with van der Waals surface area (Å²) in [5, 5.41) is 11.4. The van der Waals surface area contributed by atoms with Crippen molar-refractivity contribution in [1.82, 2.24) is 20.0 Å². The van der Waals surface area contributed by atoms with Crippen LogP contribution in [0.3, 0.4) is 0 Å². The average molecular weight is 526 g/mol. The van der Waals surface area contributed by atoms with E-state index in [1.54, 1.807) is 36.7 Å². The number of fused-ring (bicyclic) bond motifs is 1. The predicted octanol–water partition coefficient (Wildman–Crippen LogP) is 5.31. The molecule has 38 heavy (non-hydrogen) atoms. The Kier molecular flexibility index (Phi) is 6.70. The van der Waals surface area contributed by atoms with Crippen molar-refractivity contribution in [3.8, 4) is 17.0 Å². The number of benzene rings is 2. The van der Waals surface area contributed by atoms with Crippen molar-refractivity contribution in [1.29, 1.82) is 0 Å². The molecule has 0 saturated carbocycles. The smallest absolute Gasteiger partial charge is 0.406 e. The second-order valence-corrected chi connectivity index (χ2v) is 8.70. The first-order chi connectivity index (χ1) is 18.2. The second-order valence-electron chi connectivity index (χ2n) is 8.70. The molecule has 2 aromatic heterocycles. The molecule has 1 aliphatic rings. The fraction of sp³-hybridized carbons (Fsp3) is 0.231. The van der Waals surface area contributed by atoms with Crippen molar-refractivity contribution in [2.45, 2.75) is 25.1 Å². The fourth-order valence-corrected chi connectivity index (χ4v) is 4.45. The van der Waals surface area contributed by atoms with Gasteiger partial charge in [0.05, 0.1) is 36.6 Å². The number of methoxy groups -OCH3 is 1. The number of alkyl halides is 3. The summed E-state index contributed by atoms with van der Waals surface area (Å²) in [6, 6.07) is 11.6. The summed E-state index contributed by atoms with van der Waals surface area (Å²) in [5.41, 5.74) is 2.42. The molecule has 1 amide bonds. The molecule has 0 bridgehead atoms. The lowest BCUT2D eigenvalue weighted by Gasteiger charge is -2.26. The molecule has 1 unspecified atom stereocenters. The van der Waals surface area contributed by atoms with E-state index in [-0.39, 0.29) is 24.1 Å². The number of pyridine rings is 1. The molecule has 0 spiro atoms. The van der Waals surface area contributed by atoms with Gasteiger partial charge in [0, 0.05) is 17.3 Å². The monoisotopic (exact) mass is 526 g/mol. The van der Waals surface area contributed by atoms with Crippen LogP contribution < -0.4 is 15.0 Å². The molecule has 4 aromatic rings. The highest BCUT2D eigenvalue weighted by molar-refractivity contribution is 5.97. The quantitative estimate of drug-likeness (QED) is 0.343. The number of carbonyl (C=O) groups excluding carboxylic acids is 1. The molecule has 0 radical (unpaired) electrons. The van der Waals surface area contributed by atoms with E-state index in [0.717, 1.165) is 5.69 Å². The zero-order valence-electron chi connectivity index (χ0n) is 20.1. The van der Waals surface area contributed by atoms with E-state index >= 15 is 0 Å². The largest absolute Gasteiger partial charge is 0.495 e. The van der Waals surface area contributed by atoms with Gasteiger partial charge >= 0.3 is 6.18 Å². The number of aromatic nitrogens is 4. The van der Waals surface area contributed by atoms with Gasteiger partial charge < -0.3 is 15.0 Å². The molecular weight excluding hydrogens is 504 g/mol. The lowest BCUT2D eigenvalue weighted by molar-refractivity contribution is -0.134. The van der Waals surface area contributed by atoms with Gasteiger partial charge in [0.15, 0.2) is 0 Å². The Labute approximate surface area is 214 Å². The maximum atomic E-state index is 14.5. The second kappa shape index (κ2) is 10.1. The fourth-order valence-electron chi connectivity index (χ4n) is 4.45. The lowest BCUT2D eigenvalue weighted by Crippen LogP contribution is -2.42. The van der Waals surface area contributed by atoms with Crippen molar-refractivity contribution in [2.75, 3.05) is 23.9 Å². The van der Waals surface area contributed by atoms with E-state index in [9.17, 15) is 22.4 Å². The molecule has 3 heterocycles. The molecule has 0 aliphatic carbocycles. The van der Waals surface area contributed by atoms with Crippen LogP contribution >= 0.6 is 0 Å². The van der Waals surface area contributed by atoms with Gasteiger partial charge in [-0.1, -0.05) is 17.3 Å². The number of anilines is 3. The Morgan fingerprint density at radius 1 is 1.16 bits per heavy atom. The molecule has 196 valence electrons. The van der Waals surface area contributed by atoms with Crippen molar-refractivity contribution in [2.24, 2.45) is 0 Å². The number of halogens is 4. The van der Waals surface area contributed by atoms with Crippen molar-refractivity contribution < 1.29 is 27.1 Å². The molecule has 0 saturated heterocycles. The number of hydrogen-bond donors (Lipinski definition) is 1. The van der Waals surface area contributed by atoms with E-state index in [1.165, 1.54) is 36.2 Å². The summed E-state index contributed by atoms with van der Waals surface area (Å²) in [7, 11) is 1.51. The maximum Gasteiger partial charge on any atom is 0.406 e. The normalized spacial score (nSPS) is 15.7. The minimum absolute atomic E-state index is 0.0568. The third-order valence-electron chi connectivity index (χ3n) is 6.21. The third-order valence-corrected chi connectivity index (χ3v) is 6.21. The zero-order chi connectivity index (χ0) is 26.9. The Morgan fingerprint density at radius 2 is 2.00 bits per heavy atom. The lowest BCUT2D eigenvalue weighted by atomic mass is 10.1. The van der Waals surface area contributed by atoms with E-state index in [4.69, 9.17) is 4.74 Å². The van der Waals surface area contributed by atoms with E-state index in [1.807, 2.05) is 6.07 Å². The summed E-state index contributed by atoms with van der Waals surface area (Å²) in [4.78, 5) is 18.0. The Morgan fingerprint density at radius 3 is 2.74 bits per heavy atom.